The molecular weight excluding hydrogens is 445 g/mol. The number of nitrogens with zero attached hydrogens (tertiary/aromatic N) is 3. The molecule has 3 N–H and O–H groups in total. The fourth-order valence-electron chi connectivity index (χ4n) is 2.43. The monoisotopic (exact) mass is 459 g/mol. The molecule has 3 rings (SSSR count). The van der Waals surface area contributed by atoms with Crippen molar-refractivity contribution in [1.82, 2.24) is 14.9 Å². The molecule has 0 spiro atoms. The molecule has 0 unspecified atom stereocenters. The molecule has 0 saturated heterocycles. The molecule has 0 fully saturated rings. The van der Waals surface area contributed by atoms with Crippen molar-refractivity contribution in [3.05, 3.63) is 54.1 Å². The Kier molecular flexibility index (Phi) is 6.63. The van der Waals surface area contributed by atoms with E-state index in [1.165, 1.54) is 24.3 Å². The summed E-state index contributed by atoms with van der Waals surface area (Å²) in [5, 5.41) is 10.5. The van der Waals surface area contributed by atoms with E-state index in [9.17, 15) is 26.7 Å². The van der Waals surface area contributed by atoms with Gasteiger partial charge < -0.3 is 15.9 Å². The molecule has 0 radical (unpaired) electrons. The van der Waals surface area contributed by atoms with Crippen LogP contribution in [0.25, 0.3) is 11.4 Å². The second kappa shape index (κ2) is 9.20. The zero-order chi connectivity index (χ0) is 22.6. The second-order valence-corrected chi connectivity index (χ2v) is 6.93. The molecule has 3 aromatic rings. The average Bonchev–Trinajstić information content (AvgIpc) is 3.07. The van der Waals surface area contributed by atoms with Crippen LogP contribution in [0.15, 0.2) is 53.7 Å². The zero-order valence-corrected chi connectivity index (χ0v) is 16.3. The Balaban J connectivity index is 1.59. The Labute approximate surface area is 176 Å². The lowest BCUT2D eigenvalue weighted by Crippen LogP contribution is -2.16. The van der Waals surface area contributed by atoms with Gasteiger partial charge in [0.15, 0.2) is 5.82 Å². The van der Waals surface area contributed by atoms with E-state index in [0.29, 0.717) is 5.56 Å². The first-order valence-electron chi connectivity index (χ1n) is 8.49. The summed E-state index contributed by atoms with van der Waals surface area (Å²) in [7, 11) is 0. The van der Waals surface area contributed by atoms with E-state index in [4.69, 9.17) is 5.84 Å². The van der Waals surface area contributed by atoms with Crippen molar-refractivity contribution in [1.29, 1.82) is 0 Å². The number of nitrogens with two attached hydrogens (primary N) is 1. The van der Waals surface area contributed by atoms with E-state index >= 15 is 0 Å². The van der Waals surface area contributed by atoms with Gasteiger partial charge >= 0.3 is 12.8 Å². The highest BCUT2D eigenvalue weighted by Gasteiger charge is 2.30. The summed E-state index contributed by atoms with van der Waals surface area (Å²) in [6.07, 6.45) is -4.46. The number of benzene rings is 2. The molecule has 7 nitrogen and oxygen atoms in total. The first-order valence-corrected chi connectivity index (χ1v) is 9.47. The molecule has 13 heteroatoms. The number of nitrogen functional groups attached to an aromatic ring is 1. The summed E-state index contributed by atoms with van der Waals surface area (Å²) < 4.78 is 67.5. The molecule has 0 bridgehead atoms. The third kappa shape index (κ3) is 5.84. The highest BCUT2D eigenvalue weighted by molar-refractivity contribution is 7.99. The fraction of sp³-hybridized carbons (Fsp3) is 0.167. The maximum absolute atomic E-state index is 12.6. The summed E-state index contributed by atoms with van der Waals surface area (Å²) in [5.41, 5.74) is -0.130. The Morgan fingerprint density at radius 2 is 1.74 bits per heavy atom. The number of amides is 1. The fourth-order valence-corrected chi connectivity index (χ4v) is 3.08. The van der Waals surface area contributed by atoms with Gasteiger partial charge in [-0.25, -0.2) is 4.68 Å². The lowest BCUT2D eigenvalue weighted by atomic mass is 10.2. The van der Waals surface area contributed by atoms with Crippen LogP contribution in [0.4, 0.5) is 27.6 Å². The first kappa shape index (κ1) is 22.3. The summed E-state index contributed by atoms with van der Waals surface area (Å²) in [6, 6.07) is 9.60. The topological polar surface area (TPSA) is 95.1 Å². The van der Waals surface area contributed by atoms with Crippen LogP contribution in [-0.4, -0.2) is 33.1 Å². The number of carbonyl (C=O) groups excluding carboxylic acids is 1. The second-order valence-electron chi connectivity index (χ2n) is 5.99. The van der Waals surface area contributed by atoms with Crippen LogP contribution >= 0.6 is 11.8 Å². The Bertz CT molecular complexity index is 1040. The first-order chi connectivity index (χ1) is 14.6. The summed E-state index contributed by atoms with van der Waals surface area (Å²) in [5.74, 6) is 5.52. The van der Waals surface area contributed by atoms with Crippen molar-refractivity contribution in [2.75, 3.05) is 16.9 Å². The van der Waals surface area contributed by atoms with Gasteiger partial charge in [-0.15, -0.1) is 10.2 Å². The standard InChI is InChI=1S/C18H14F5N5O2S/c19-16(20)30-13-7-1-10(2-8-13)15-26-27-17(28(15)24)31-9-14(29)25-12-5-3-11(4-6-12)18(21,22)23/h1-8,16H,9,24H2,(H,25,29). The number of carbonyl (C=O) groups is 1. The molecule has 2 aromatic carbocycles. The van der Waals surface area contributed by atoms with Crippen LogP contribution in [0.5, 0.6) is 5.75 Å². The van der Waals surface area contributed by atoms with E-state index < -0.39 is 24.3 Å². The van der Waals surface area contributed by atoms with Gasteiger partial charge in [0.25, 0.3) is 0 Å². The van der Waals surface area contributed by atoms with Gasteiger partial charge in [-0.2, -0.15) is 22.0 Å². The number of alkyl halides is 5. The number of halogens is 5. The van der Waals surface area contributed by atoms with E-state index in [-0.39, 0.29) is 28.2 Å². The van der Waals surface area contributed by atoms with Gasteiger partial charge in [0, 0.05) is 11.3 Å². The largest absolute Gasteiger partial charge is 0.435 e. The molecule has 1 amide bonds. The Morgan fingerprint density at radius 1 is 1.10 bits per heavy atom. The average molecular weight is 459 g/mol. The predicted octanol–water partition coefficient (Wildman–Crippen LogP) is 4.01. The minimum Gasteiger partial charge on any atom is -0.435 e. The minimum absolute atomic E-state index is 0.0311. The van der Waals surface area contributed by atoms with Crippen molar-refractivity contribution >= 4 is 23.4 Å². The highest BCUT2D eigenvalue weighted by atomic mass is 32.2. The smallest absolute Gasteiger partial charge is 0.416 e. The van der Waals surface area contributed by atoms with E-state index in [1.54, 1.807) is 0 Å². The van der Waals surface area contributed by atoms with Gasteiger partial charge in [0.05, 0.1) is 11.3 Å². The molecule has 1 heterocycles. The zero-order valence-electron chi connectivity index (χ0n) is 15.4. The predicted molar refractivity (Wildman–Crippen MR) is 103 cm³/mol. The van der Waals surface area contributed by atoms with Crippen LogP contribution in [0.2, 0.25) is 0 Å². The van der Waals surface area contributed by atoms with Crippen molar-refractivity contribution in [3.8, 4) is 17.1 Å². The highest BCUT2D eigenvalue weighted by Crippen LogP contribution is 2.30. The molecular formula is C18H14F5N5O2S. The maximum Gasteiger partial charge on any atom is 0.416 e. The number of nitrogens with one attached hydrogen (secondary N) is 1. The summed E-state index contributed by atoms with van der Waals surface area (Å²) in [6.45, 7) is -2.94. The number of thioether (sulfide) groups is 1. The number of aromatic nitrogens is 3. The van der Waals surface area contributed by atoms with Gasteiger partial charge in [0.2, 0.25) is 11.1 Å². The number of ether oxygens (including phenoxy) is 1. The minimum atomic E-state index is -4.46. The Hall–Kier alpha value is -3.35. The molecule has 31 heavy (non-hydrogen) atoms. The van der Waals surface area contributed by atoms with E-state index in [0.717, 1.165) is 40.7 Å². The van der Waals surface area contributed by atoms with Crippen molar-refractivity contribution in [2.24, 2.45) is 0 Å². The molecule has 0 aliphatic rings. The van der Waals surface area contributed by atoms with Crippen molar-refractivity contribution in [3.63, 3.8) is 0 Å². The molecule has 0 aliphatic carbocycles. The lowest BCUT2D eigenvalue weighted by Gasteiger charge is -2.09. The number of hydrogen-bond donors (Lipinski definition) is 2. The van der Waals surface area contributed by atoms with Crippen LogP contribution in [0, 0.1) is 0 Å². The van der Waals surface area contributed by atoms with Crippen molar-refractivity contribution < 1.29 is 31.5 Å². The molecule has 0 saturated carbocycles. The molecule has 164 valence electrons. The van der Waals surface area contributed by atoms with Gasteiger partial charge in [-0.1, -0.05) is 11.8 Å². The van der Waals surface area contributed by atoms with Gasteiger partial charge in [0.1, 0.15) is 5.75 Å². The quantitative estimate of drug-likeness (QED) is 0.315. The molecule has 0 aliphatic heterocycles. The Morgan fingerprint density at radius 3 is 2.32 bits per heavy atom. The third-order valence-corrected chi connectivity index (χ3v) is 4.77. The van der Waals surface area contributed by atoms with Gasteiger partial charge in [-0.3, -0.25) is 4.79 Å². The number of hydrogen-bond acceptors (Lipinski definition) is 6. The van der Waals surface area contributed by atoms with Crippen molar-refractivity contribution in [2.45, 2.75) is 17.9 Å². The summed E-state index contributed by atoms with van der Waals surface area (Å²) in [4.78, 5) is 12.1. The SMILES string of the molecule is Nn1c(SCC(=O)Nc2ccc(C(F)(F)F)cc2)nnc1-c1ccc(OC(F)F)cc1. The third-order valence-electron chi connectivity index (χ3n) is 3.83. The van der Waals surface area contributed by atoms with Crippen LogP contribution in [0.1, 0.15) is 5.56 Å². The van der Waals surface area contributed by atoms with Crippen LogP contribution in [0.3, 0.4) is 0 Å². The normalized spacial score (nSPS) is 11.5. The van der Waals surface area contributed by atoms with Gasteiger partial charge in [-0.05, 0) is 48.5 Å². The molecule has 1 aromatic heterocycles. The van der Waals surface area contributed by atoms with Crippen LogP contribution in [-0.2, 0) is 11.0 Å². The molecule has 0 atom stereocenters. The number of anilines is 1. The van der Waals surface area contributed by atoms with E-state index in [1.807, 2.05) is 0 Å². The summed E-state index contributed by atoms with van der Waals surface area (Å²) >= 11 is 0.957. The maximum atomic E-state index is 12.6. The lowest BCUT2D eigenvalue weighted by molar-refractivity contribution is -0.137. The van der Waals surface area contributed by atoms with E-state index in [2.05, 4.69) is 20.3 Å². The number of rotatable bonds is 7. The van der Waals surface area contributed by atoms with Crippen LogP contribution < -0.4 is 15.9 Å².